The maximum absolute atomic E-state index is 5.95. The van der Waals surface area contributed by atoms with Crippen molar-refractivity contribution in [1.82, 2.24) is 9.97 Å². The maximum Gasteiger partial charge on any atom is 0.169 e. The molecule has 3 N–H and O–H groups in total. The number of fused-ring (bicyclic) bond motifs is 1. The number of anilines is 2. The summed E-state index contributed by atoms with van der Waals surface area (Å²) < 4.78 is 0. The Labute approximate surface area is 114 Å². The molecule has 0 radical (unpaired) electrons. The fourth-order valence-electron chi connectivity index (χ4n) is 2.01. The third kappa shape index (κ3) is 3.56. The van der Waals surface area contributed by atoms with Gasteiger partial charge in [0.05, 0.1) is 11.0 Å². The number of benzene rings is 1. The van der Waals surface area contributed by atoms with Crippen LogP contribution in [0.1, 0.15) is 33.6 Å². The summed E-state index contributed by atoms with van der Waals surface area (Å²) in [5.41, 5.74) is 7.66. The molecule has 1 aromatic carbocycles. The summed E-state index contributed by atoms with van der Waals surface area (Å²) in [6.07, 6.45) is 2.29. The van der Waals surface area contributed by atoms with E-state index in [1.807, 2.05) is 24.3 Å². The lowest BCUT2D eigenvalue weighted by Crippen LogP contribution is -2.18. The van der Waals surface area contributed by atoms with Crippen molar-refractivity contribution in [2.45, 2.75) is 39.7 Å². The van der Waals surface area contributed by atoms with E-state index in [2.05, 4.69) is 36.1 Å². The molecule has 4 heteroatoms. The normalized spacial score (nSPS) is 12.8. The van der Waals surface area contributed by atoms with E-state index in [1.165, 1.54) is 6.42 Å². The highest BCUT2D eigenvalue weighted by Crippen LogP contribution is 2.20. The predicted octanol–water partition coefficient (Wildman–Crippen LogP) is 3.45. The van der Waals surface area contributed by atoms with Crippen LogP contribution in [0.25, 0.3) is 11.0 Å². The van der Waals surface area contributed by atoms with Gasteiger partial charge in [-0.25, -0.2) is 9.97 Å². The summed E-state index contributed by atoms with van der Waals surface area (Å²) in [7, 11) is 0. The molecule has 1 aromatic heterocycles. The second kappa shape index (κ2) is 5.87. The zero-order valence-corrected chi connectivity index (χ0v) is 11.9. The Morgan fingerprint density at radius 1 is 1.05 bits per heavy atom. The van der Waals surface area contributed by atoms with Gasteiger partial charge in [-0.05, 0) is 37.8 Å². The lowest BCUT2D eigenvalue weighted by atomic mass is 10.0. The van der Waals surface area contributed by atoms with Gasteiger partial charge in [-0.1, -0.05) is 26.0 Å². The number of rotatable bonds is 5. The van der Waals surface area contributed by atoms with E-state index in [9.17, 15) is 0 Å². The highest BCUT2D eigenvalue weighted by molar-refractivity contribution is 5.79. The minimum atomic E-state index is 0.347. The van der Waals surface area contributed by atoms with Crippen molar-refractivity contribution < 1.29 is 0 Å². The smallest absolute Gasteiger partial charge is 0.169 e. The summed E-state index contributed by atoms with van der Waals surface area (Å²) in [4.78, 5) is 8.92. The molecule has 0 amide bonds. The molecule has 0 saturated carbocycles. The van der Waals surface area contributed by atoms with Crippen molar-refractivity contribution in [1.29, 1.82) is 0 Å². The second-order valence-electron chi connectivity index (χ2n) is 5.46. The van der Waals surface area contributed by atoms with Crippen molar-refractivity contribution >= 4 is 22.7 Å². The number of nitrogens with two attached hydrogens (primary N) is 1. The molecular weight excluding hydrogens is 236 g/mol. The summed E-state index contributed by atoms with van der Waals surface area (Å²) in [5, 5.41) is 3.36. The molecule has 0 aliphatic rings. The number of nitrogen functional groups attached to an aromatic ring is 1. The first kappa shape index (κ1) is 13.6. The van der Waals surface area contributed by atoms with Gasteiger partial charge in [0, 0.05) is 6.04 Å². The molecule has 4 nitrogen and oxygen atoms in total. The van der Waals surface area contributed by atoms with Gasteiger partial charge in [0.1, 0.15) is 0 Å². The van der Waals surface area contributed by atoms with E-state index in [4.69, 9.17) is 5.73 Å². The number of aromatic nitrogens is 2. The fourth-order valence-corrected chi connectivity index (χ4v) is 2.01. The van der Waals surface area contributed by atoms with Crippen molar-refractivity contribution in [2.24, 2.45) is 5.92 Å². The van der Waals surface area contributed by atoms with Crippen LogP contribution in [0, 0.1) is 5.92 Å². The minimum Gasteiger partial charge on any atom is -0.381 e. The highest BCUT2D eigenvalue weighted by Gasteiger charge is 2.09. The van der Waals surface area contributed by atoms with Crippen LogP contribution in [0.15, 0.2) is 24.3 Å². The monoisotopic (exact) mass is 258 g/mol. The summed E-state index contributed by atoms with van der Waals surface area (Å²) in [6, 6.07) is 8.12. The first-order chi connectivity index (χ1) is 9.06. The first-order valence-electron chi connectivity index (χ1n) is 6.85. The minimum absolute atomic E-state index is 0.347. The van der Waals surface area contributed by atoms with Gasteiger partial charge in [-0.2, -0.15) is 0 Å². The largest absolute Gasteiger partial charge is 0.381 e. The van der Waals surface area contributed by atoms with E-state index < -0.39 is 0 Å². The van der Waals surface area contributed by atoms with Crippen LogP contribution < -0.4 is 11.1 Å². The molecule has 1 unspecified atom stereocenters. The van der Waals surface area contributed by atoms with Crippen LogP contribution in [0.3, 0.4) is 0 Å². The molecule has 102 valence electrons. The fraction of sp³-hybridized carbons (Fsp3) is 0.467. The van der Waals surface area contributed by atoms with Crippen LogP contribution in [0.4, 0.5) is 11.6 Å². The zero-order chi connectivity index (χ0) is 13.8. The first-order valence-corrected chi connectivity index (χ1v) is 6.85. The Kier molecular flexibility index (Phi) is 4.20. The number of hydrogen-bond donors (Lipinski definition) is 2. The summed E-state index contributed by atoms with van der Waals surface area (Å²) in [6.45, 7) is 6.62. The van der Waals surface area contributed by atoms with Crippen LogP contribution >= 0.6 is 0 Å². The molecule has 2 aromatic rings. The van der Waals surface area contributed by atoms with E-state index in [-0.39, 0.29) is 0 Å². The highest BCUT2D eigenvalue weighted by atomic mass is 15.1. The van der Waals surface area contributed by atoms with Crippen molar-refractivity contribution in [2.75, 3.05) is 11.1 Å². The average molecular weight is 258 g/mol. The van der Waals surface area contributed by atoms with Crippen molar-refractivity contribution in [3.8, 4) is 0 Å². The van der Waals surface area contributed by atoms with E-state index in [0.29, 0.717) is 23.6 Å². The molecule has 1 atom stereocenters. The molecule has 2 rings (SSSR count). The van der Waals surface area contributed by atoms with Crippen molar-refractivity contribution in [3.05, 3.63) is 24.3 Å². The van der Waals surface area contributed by atoms with Gasteiger partial charge < -0.3 is 11.1 Å². The third-order valence-corrected chi connectivity index (χ3v) is 3.16. The average Bonchev–Trinajstić information content (AvgIpc) is 2.37. The SMILES string of the molecule is CC(C)CCC(C)Nc1nc2ccccc2nc1N. The van der Waals surface area contributed by atoms with Crippen LogP contribution in [-0.4, -0.2) is 16.0 Å². The number of nitrogens with one attached hydrogen (secondary N) is 1. The molecule has 0 bridgehead atoms. The van der Waals surface area contributed by atoms with E-state index in [1.54, 1.807) is 0 Å². The summed E-state index contributed by atoms with van der Waals surface area (Å²) >= 11 is 0. The number of para-hydroxylation sites is 2. The van der Waals surface area contributed by atoms with Crippen LogP contribution in [0.5, 0.6) is 0 Å². The number of nitrogens with zero attached hydrogens (tertiary/aromatic N) is 2. The third-order valence-electron chi connectivity index (χ3n) is 3.16. The molecule has 0 saturated heterocycles. The van der Waals surface area contributed by atoms with Gasteiger partial charge in [0.2, 0.25) is 0 Å². The molecule has 0 aliphatic carbocycles. The zero-order valence-electron chi connectivity index (χ0n) is 11.9. The van der Waals surface area contributed by atoms with Gasteiger partial charge in [-0.3, -0.25) is 0 Å². The second-order valence-corrected chi connectivity index (χ2v) is 5.46. The van der Waals surface area contributed by atoms with Gasteiger partial charge in [0.15, 0.2) is 11.6 Å². The van der Waals surface area contributed by atoms with Crippen LogP contribution in [-0.2, 0) is 0 Å². The Hall–Kier alpha value is -1.84. The summed E-state index contributed by atoms with van der Waals surface area (Å²) in [5.74, 6) is 1.87. The van der Waals surface area contributed by atoms with Crippen LogP contribution in [0.2, 0.25) is 0 Å². The van der Waals surface area contributed by atoms with Gasteiger partial charge in [-0.15, -0.1) is 0 Å². The molecule has 0 aliphatic heterocycles. The topological polar surface area (TPSA) is 63.8 Å². The van der Waals surface area contributed by atoms with Gasteiger partial charge in [0.25, 0.3) is 0 Å². The van der Waals surface area contributed by atoms with Crippen molar-refractivity contribution in [3.63, 3.8) is 0 Å². The molecule has 0 spiro atoms. The molecule has 19 heavy (non-hydrogen) atoms. The number of hydrogen-bond acceptors (Lipinski definition) is 4. The predicted molar refractivity (Wildman–Crippen MR) is 81.1 cm³/mol. The maximum atomic E-state index is 5.95. The molecule has 0 fully saturated rings. The molecule has 1 heterocycles. The lowest BCUT2D eigenvalue weighted by molar-refractivity contribution is 0.527. The van der Waals surface area contributed by atoms with E-state index >= 15 is 0 Å². The Morgan fingerprint density at radius 3 is 2.32 bits per heavy atom. The van der Waals surface area contributed by atoms with Gasteiger partial charge >= 0.3 is 0 Å². The standard InChI is InChI=1S/C15H22N4/c1-10(2)8-9-11(3)17-15-14(16)18-12-6-4-5-7-13(12)19-15/h4-7,10-11H,8-9H2,1-3H3,(H2,16,18)(H,17,19). The Morgan fingerprint density at radius 2 is 1.68 bits per heavy atom. The Bertz CT molecular complexity index is 551. The molecular formula is C15H22N4. The Balaban J connectivity index is 2.13. The van der Waals surface area contributed by atoms with E-state index in [0.717, 1.165) is 17.5 Å². The lowest BCUT2D eigenvalue weighted by Gasteiger charge is -2.16. The quantitative estimate of drug-likeness (QED) is 0.862.